The highest BCUT2D eigenvalue weighted by molar-refractivity contribution is 7.07. The average Bonchev–Trinajstić information content (AvgIpc) is 2.89. The van der Waals surface area contributed by atoms with E-state index in [1.807, 2.05) is 16.8 Å². The summed E-state index contributed by atoms with van der Waals surface area (Å²) in [4.78, 5) is 11.8. The van der Waals surface area contributed by atoms with Crippen molar-refractivity contribution < 1.29 is 14.3 Å². The van der Waals surface area contributed by atoms with E-state index in [2.05, 4.69) is 0 Å². The number of anilines is 1. The highest BCUT2D eigenvalue weighted by Crippen LogP contribution is 2.24. The fraction of sp³-hybridized carbons (Fsp3) is 0.214. The van der Waals surface area contributed by atoms with E-state index in [0.717, 1.165) is 5.56 Å². The Labute approximate surface area is 115 Å². The molecule has 0 amide bonds. The Hall–Kier alpha value is -2.01. The van der Waals surface area contributed by atoms with E-state index in [9.17, 15) is 4.79 Å². The van der Waals surface area contributed by atoms with E-state index >= 15 is 0 Å². The van der Waals surface area contributed by atoms with Crippen molar-refractivity contribution >= 4 is 23.0 Å². The number of nitrogens with two attached hydrogens (primary N) is 1. The van der Waals surface area contributed by atoms with Crippen molar-refractivity contribution in [2.45, 2.75) is 13.5 Å². The summed E-state index contributed by atoms with van der Waals surface area (Å²) in [6.07, 6.45) is 0. The monoisotopic (exact) mass is 277 g/mol. The topological polar surface area (TPSA) is 61.5 Å². The minimum atomic E-state index is -0.400. The number of nitrogen functional groups attached to an aromatic ring is 1. The third-order valence-corrected chi connectivity index (χ3v) is 3.21. The van der Waals surface area contributed by atoms with Crippen molar-refractivity contribution in [3.8, 4) is 5.75 Å². The first-order valence-electron chi connectivity index (χ1n) is 5.91. The van der Waals surface area contributed by atoms with Crippen LogP contribution in [0.2, 0.25) is 0 Å². The number of rotatable bonds is 5. The molecule has 1 aromatic carbocycles. The zero-order valence-electron chi connectivity index (χ0n) is 10.6. The molecule has 2 rings (SSSR count). The van der Waals surface area contributed by atoms with Crippen LogP contribution in [0.25, 0.3) is 0 Å². The molecule has 0 fully saturated rings. The lowest BCUT2D eigenvalue weighted by Crippen LogP contribution is -2.08. The Balaban J connectivity index is 2.17. The maximum Gasteiger partial charge on any atom is 0.341 e. The molecular weight excluding hydrogens is 262 g/mol. The van der Waals surface area contributed by atoms with Gasteiger partial charge in [-0.2, -0.15) is 11.3 Å². The van der Waals surface area contributed by atoms with Gasteiger partial charge in [-0.3, -0.25) is 0 Å². The van der Waals surface area contributed by atoms with Gasteiger partial charge in [0.1, 0.15) is 17.9 Å². The fourth-order valence-corrected chi connectivity index (χ4v) is 2.23. The lowest BCUT2D eigenvalue weighted by Gasteiger charge is -2.11. The van der Waals surface area contributed by atoms with Crippen LogP contribution in [0, 0.1) is 0 Å². The number of hydrogen-bond acceptors (Lipinski definition) is 5. The number of esters is 1. The summed E-state index contributed by atoms with van der Waals surface area (Å²) >= 11 is 1.60. The molecule has 5 heteroatoms. The number of ether oxygens (including phenoxy) is 2. The van der Waals surface area contributed by atoms with Crippen LogP contribution in [0.4, 0.5) is 5.69 Å². The van der Waals surface area contributed by atoms with Gasteiger partial charge in [0.2, 0.25) is 0 Å². The second-order valence-corrected chi connectivity index (χ2v) is 4.68. The van der Waals surface area contributed by atoms with Gasteiger partial charge in [-0.15, -0.1) is 0 Å². The first-order chi connectivity index (χ1) is 9.20. The van der Waals surface area contributed by atoms with Crippen LogP contribution >= 0.6 is 11.3 Å². The van der Waals surface area contributed by atoms with Crippen LogP contribution in [0.15, 0.2) is 35.0 Å². The molecule has 2 N–H and O–H groups in total. The Morgan fingerprint density at radius 3 is 2.89 bits per heavy atom. The molecule has 1 aromatic heterocycles. The normalized spacial score (nSPS) is 10.2. The number of carbonyl (C=O) groups is 1. The maximum atomic E-state index is 11.8. The van der Waals surface area contributed by atoms with Gasteiger partial charge in [-0.05, 0) is 41.4 Å². The Morgan fingerprint density at radius 1 is 1.37 bits per heavy atom. The molecule has 0 aliphatic heterocycles. The Kier molecular flexibility index (Phi) is 4.41. The number of benzene rings is 1. The summed E-state index contributed by atoms with van der Waals surface area (Å²) in [5, 5.41) is 3.97. The molecule has 0 atom stereocenters. The van der Waals surface area contributed by atoms with Gasteiger partial charge < -0.3 is 15.2 Å². The van der Waals surface area contributed by atoms with Gasteiger partial charge in [0.15, 0.2) is 0 Å². The molecule has 2 aromatic rings. The van der Waals surface area contributed by atoms with Crippen molar-refractivity contribution in [1.29, 1.82) is 0 Å². The molecule has 0 bridgehead atoms. The van der Waals surface area contributed by atoms with Crippen LogP contribution in [-0.4, -0.2) is 12.6 Å². The second-order valence-electron chi connectivity index (χ2n) is 3.90. The Bertz CT molecular complexity index is 552. The van der Waals surface area contributed by atoms with Crippen molar-refractivity contribution in [2.24, 2.45) is 0 Å². The number of hydrogen-bond donors (Lipinski definition) is 1. The van der Waals surface area contributed by atoms with Crippen LogP contribution in [0.5, 0.6) is 5.75 Å². The molecule has 4 nitrogen and oxygen atoms in total. The van der Waals surface area contributed by atoms with E-state index in [0.29, 0.717) is 30.2 Å². The van der Waals surface area contributed by atoms with Crippen LogP contribution in [-0.2, 0) is 11.3 Å². The standard InChI is InChI=1S/C14H15NO3S/c1-2-17-14(16)12-4-3-11(15)7-13(12)18-8-10-5-6-19-9-10/h3-7,9H,2,8,15H2,1H3. The van der Waals surface area contributed by atoms with Gasteiger partial charge in [0.05, 0.1) is 6.61 Å². The van der Waals surface area contributed by atoms with Gasteiger partial charge >= 0.3 is 5.97 Å². The highest BCUT2D eigenvalue weighted by Gasteiger charge is 2.14. The fourth-order valence-electron chi connectivity index (χ4n) is 1.57. The summed E-state index contributed by atoms with van der Waals surface area (Å²) in [5.41, 5.74) is 7.72. The SMILES string of the molecule is CCOC(=O)c1ccc(N)cc1OCc1ccsc1. The van der Waals surface area contributed by atoms with Crippen LogP contribution < -0.4 is 10.5 Å². The lowest BCUT2D eigenvalue weighted by atomic mass is 10.2. The summed E-state index contributed by atoms with van der Waals surface area (Å²) in [7, 11) is 0. The zero-order chi connectivity index (χ0) is 13.7. The summed E-state index contributed by atoms with van der Waals surface area (Å²) in [6, 6.07) is 6.89. The molecule has 0 aliphatic carbocycles. The average molecular weight is 277 g/mol. The van der Waals surface area contributed by atoms with Gasteiger partial charge in [-0.25, -0.2) is 4.79 Å². The van der Waals surface area contributed by atoms with E-state index in [1.165, 1.54) is 0 Å². The summed E-state index contributed by atoms with van der Waals surface area (Å²) in [6.45, 7) is 2.49. The van der Waals surface area contributed by atoms with Gasteiger partial charge in [-0.1, -0.05) is 0 Å². The number of thiophene rings is 1. The van der Waals surface area contributed by atoms with E-state index in [1.54, 1.807) is 36.5 Å². The molecular formula is C14H15NO3S. The third kappa shape index (κ3) is 3.48. The maximum absolute atomic E-state index is 11.8. The van der Waals surface area contributed by atoms with E-state index in [4.69, 9.17) is 15.2 Å². The van der Waals surface area contributed by atoms with Crippen LogP contribution in [0.1, 0.15) is 22.8 Å². The molecule has 19 heavy (non-hydrogen) atoms. The molecule has 0 unspecified atom stereocenters. The zero-order valence-corrected chi connectivity index (χ0v) is 11.4. The predicted octanol–water partition coefficient (Wildman–Crippen LogP) is 3.09. The van der Waals surface area contributed by atoms with Crippen molar-refractivity contribution in [3.05, 3.63) is 46.2 Å². The third-order valence-electron chi connectivity index (χ3n) is 2.48. The molecule has 0 radical (unpaired) electrons. The second kappa shape index (κ2) is 6.24. The van der Waals surface area contributed by atoms with Crippen LogP contribution in [0.3, 0.4) is 0 Å². The van der Waals surface area contributed by atoms with Gasteiger partial charge in [0, 0.05) is 11.8 Å². The smallest absolute Gasteiger partial charge is 0.341 e. The lowest BCUT2D eigenvalue weighted by molar-refractivity contribution is 0.0521. The molecule has 0 spiro atoms. The highest BCUT2D eigenvalue weighted by atomic mass is 32.1. The summed E-state index contributed by atoms with van der Waals surface area (Å²) < 4.78 is 10.6. The summed E-state index contributed by atoms with van der Waals surface area (Å²) in [5.74, 6) is 0.0486. The molecule has 1 heterocycles. The minimum absolute atomic E-state index is 0.327. The molecule has 0 saturated heterocycles. The predicted molar refractivity (Wildman–Crippen MR) is 75.5 cm³/mol. The largest absolute Gasteiger partial charge is 0.488 e. The van der Waals surface area contributed by atoms with Crippen molar-refractivity contribution in [1.82, 2.24) is 0 Å². The van der Waals surface area contributed by atoms with E-state index in [-0.39, 0.29) is 0 Å². The molecule has 100 valence electrons. The Morgan fingerprint density at radius 2 is 2.21 bits per heavy atom. The first kappa shape index (κ1) is 13.4. The molecule has 0 saturated carbocycles. The van der Waals surface area contributed by atoms with Gasteiger partial charge in [0.25, 0.3) is 0 Å². The number of carbonyl (C=O) groups excluding carboxylic acids is 1. The first-order valence-corrected chi connectivity index (χ1v) is 6.85. The van der Waals surface area contributed by atoms with E-state index < -0.39 is 5.97 Å². The minimum Gasteiger partial charge on any atom is -0.488 e. The quantitative estimate of drug-likeness (QED) is 0.674. The van der Waals surface area contributed by atoms with Crippen molar-refractivity contribution in [3.63, 3.8) is 0 Å². The van der Waals surface area contributed by atoms with Crippen molar-refractivity contribution in [2.75, 3.05) is 12.3 Å². The molecule has 0 aliphatic rings.